The number of methoxy groups -OCH3 is 1. The predicted octanol–water partition coefficient (Wildman–Crippen LogP) is 4.90. The summed E-state index contributed by atoms with van der Waals surface area (Å²) in [6.45, 7) is -0.290. The predicted molar refractivity (Wildman–Crippen MR) is 96.3 cm³/mol. The van der Waals surface area contributed by atoms with E-state index in [9.17, 15) is 23.1 Å². The second kappa shape index (κ2) is 7.99. The van der Waals surface area contributed by atoms with Gasteiger partial charge in [-0.05, 0) is 36.4 Å². The zero-order valence-corrected chi connectivity index (χ0v) is 15.3. The van der Waals surface area contributed by atoms with E-state index in [1.807, 2.05) is 0 Å². The molecule has 0 radical (unpaired) electrons. The number of aliphatic hydroxyl groups excluding tert-OH is 1. The number of nitrogens with zero attached hydrogens (tertiary/aromatic N) is 1. The highest BCUT2D eigenvalue weighted by Gasteiger charge is 2.30. The monoisotopic (exact) mass is 409 g/mol. The lowest BCUT2D eigenvalue weighted by Crippen LogP contribution is -2.03. The summed E-state index contributed by atoms with van der Waals surface area (Å²) in [5.41, 5.74) is 0.704. The van der Waals surface area contributed by atoms with E-state index in [0.717, 1.165) is 23.5 Å². The number of aliphatic hydroxyl groups is 1. The zero-order chi connectivity index (χ0) is 20.3. The Morgan fingerprint density at radius 2 is 1.75 bits per heavy atom. The standard InChI is InChI=1S/C19H14F3NO4S/c1-26-17(25)12-4-2-11(3-5-12)16-15(10-24)28-18(23-16)27-14-8-6-13(7-9-14)19(20,21)22/h2-9,24H,10H2,1H3. The van der Waals surface area contributed by atoms with Gasteiger partial charge in [-0.1, -0.05) is 23.5 Å². The van der Waals surface area contributed by atoms with Crippen LogP contribution in [-0.4, -0.2) is 23.2 Å². The van der Waals surface area contributed by atoms with Crippen LogP contribution in [-0.2, 0) is 17.5 Å². The number of hydrogen-bond acceptors (Lipinski definition) is 6. The normalized spacial score (nSPS) is 11.3. The van der Waals surface area contributed by atoms with Gasteiger partial charge >= 0.3 is 12.1 Å². The highest BCUT2D eigenvalue weighted by molar-refractivity contribution is 7.13. The van der Waals surface area contributed by atoms with Gasteiger partial charge in [-0.2, -0.15) is 13.2 Å². The molecular formula is C19H14F3NO4S. The molecular weight excluding hydrogens is 395 g/mol. The molecule has 0 aliphatic rings. The Labute approximate surface area is 162 Å². The van der Waals surface area contributed by atoms with Gasteiger partial charge in [0.1, 0.15) is 5.75 Å². The van der Waals surface area contributed by atoms with Gasteiger partial charge in [0.15, 0.2) is 0 Å². The van der Waals surface area contributed by atoms with Crippen LogP contribution in [0.15, 0.2) is 48.5 Å². The molecule has 0 atom stereocenters. The maximum Gasteiger partial charge on any atom is 0.416 e. The van der Waals surface area contributed by atoms with Crippen LogP contribution in [0.2, 0.25) is 0 Å². The molecule has 0 aliphatic carbocycles. The molecule has 1 N–H and O–H groups in total. The molecule has 0 spiro atoms. The SMILES string of the molecule is COC(=O)c1ccc(-c2nc(Oc3ccc(C(F)(F)F)cc3)sc2CO)cc1. The minimum Gasteiger partial charge on any atom is -0.465 e. The summed E-state index contributed by atoms with van der Waals surface area (Å²) in [6, 6.07) is 10.7. The zero-order valence-electron chi connectivity index (χ0n) is 14.5. The first kappa shape index (κ1) is 19.8. The molecule has 0 unspecified atom stereocenters. The van der Waals surface area contributed by atoms with Crippen molar-refractivity contribution in [3.8, 4) is 22.2 Å². The molecule has 0 bridgehead atoms. The van der Waals surface area contributed by atoms with E-state index in [2.05, 4.69) is 9.72 Å². The van der Waals surface area contributed by atoms with E-state index in [4.69, 9.17) is 4.74 Å². The lowest BCUT2D eigenvalue weighted by Gasteiger charge is -2.07. The number of alkyl halides is 3. The van der Waals surface area contributed by atoms with Gasteiger partial charge in [-0.15, -0.1) is 0 Å². The Bertz CT molecular complexity index is 966. The molecule has 146 valence electrons. The molecule has 1 aromatic heterocycles. The average molecular weight is 409 g/mol. The van der Waals surface area contributed by atoms with E-state index in [0.29, 0.717) is 21.7 Å². The van der Waals surface area contributed by atoms with Crippen molar-refractivity contribution in [3.05, 3.63) is 64.5 Å². The van der Waals surface area contributed by atoms with Crippen LogP contribution in [0.4, 0.5) is 13.2 Å². The van der Waals surface area contributed by atoms with Crippen molar-refractivity contribution < 1.29 is 32.5 Å². The van der Waals surface area contributed by atoms with E-state index >= 15 is 0 Å². The van der Waals surface area contributed by atoms with Crippen molar-refractivity contribution >= 4 is 17.3 Å². The van der Waals surface area contributed by atoms with Gasteiger partial charge in [0.05, 0.1) is 35.4 Å². The number of hydrogen-bond donors (Lipinski definition) is 1. The number of esters is 1. The number of thiazole rings is 1. The van der Waals surface area contributed by atoms with Crippen molar-refractivity contribution in [2.24, 2.45) is 0 Å². The van der Waals surface area contributed by atoms with Crippen molar-refractivity contribution in [2.45, 2.75) is 12.8 Å². The van der Waals surface area contributed by atoms with Crippen LogP contribution in [0.1, 0.15) is 20.8 Å². The third-order valence-corrected chi connectivity index (χ3v) is 4.71. The van der Waals surface area contributed by atoms with Gasteiger partial charge in [0, 0.05) is 5.56 Å². The molecule has 3 rings (SSSR count). The number of rotatable bonds is 5. The summed E-state index contributed by atoms with van der Waals surface area (Å²) in [7, 11) is 1.28. The molecule has 0 amide bonds. The highest BCUT2D eigenvalue weighted by atomic mass is 32.1. The Morgan fingerprint density at radius 3 is 2.29 bits per heavy atom. The summed E-state index contributed by atoms with van der Waals surface area (Å²) >= 11 is 1.08. The van der Waals surface area contributed by atoms with Crippen molar-refractivity contribution in [1.82, 2.24) is 4.98 Å². The molecule has 3 aromatic rings. The van der Waals surface area contributed by atoms with Crippen LogP contribution in [0.3, 0.4) is 0 Å². The minimum absolute atomic E-state index is 0.177. The first-order valence-corrected chi connectivity index (χ1v) is 8.78. The third-order valence-electron chi connectivity index (χ3n) is 3.79. The molecule has 0 aliphatic heterocycles. The van der Waals surface area contributed by atoms with E-state index in [-0.39, 0.29) is 17.6 Å². The van der Waals surface area contributed by atoms with Crippen LogP contribution in [0.25, 0.3) is 11.3 Å². The first-order valence-electron chi connectivity index (χ1n) is 7.96. The molecule has 2 aromatic carbocycles. The Morgan fingerprint density at radius 1 is 1.11 bits per heavy atom. The third kappa shape index (κ3) is 4.32. The lowest BCUT2D eigenvalue weighted by atomic mass is 10.1. The van der Waals surface area contributed by atoms with Gasteiger partial charge in [0.25, 0.3) is 5.19 Å². The molecule has 5 nitrogen and oxygen atoms in total. The second-order valence-electron chi connectivity index (χ2n) is 5.60. The quantitative estimate of drug-likeness (QED) is 0.607. The van der Waals surface area contributed by atoms with E-state index in [1.54, 1.807) is 24.3 Å². The summed E-state index contributed by atoms with van der Waals surface area (Å²) in [5.74, 6) is -0.280. The fraction of sp³-hybridized carbons (Fsp3) is 0.158. The molecule has 1 heterocycles. The molecule has 0 saturated carbocycles. The van der Waals surface area contributed by atoms with Crippen LogP contribution in [0, 0.1) is 0 Å². The lowest BCUT2D eigenvalue weighted by molar-refractivity contribution is -0.137. The van der Waals surface area contributed by atoms with Gasteiger partial charge in [-0.25, -0.2) is 9.78 Å². The summed E-state index contributed by atoms with van der Waals surface area (Å²) in [6.07, 6.45) is -4.42. The average Bonchev–Trinajstić information content (AvgIpc) is 3.10. The van der Waals surface area contributed by atoms with Crippen LogP contribution in [0.5, 0.6) is 10.9 Å². The maximum atomic E-state index is 12.6. The van der Waals surface area contributed by atoms with Gasteiger partial charge < -0.3 is 14.6 Å². The highest BCUT2D eigenvalue weighted by Crippen LogP contribution is 2.36. The second-order valence-corrected chi connectivity index (χ2v) is 6.65. The number of halogens is 3. The topological polar surface area (TPSA) is 68.7 Å². The molecule has 28 heavy (non-hydrogen) atoms. The molecule has 0 fully saturated rings. The largest absolute Gasteiger partial charge is 0.465 e. The Balaban J connectivity index is 1.83. The molecule has 9 heteroatoms. The first-order chi connectivity index (χ1) is 13.3. The molecule has 0 saturated heterocycles. The van der Waals surface area contributed by atoms with Gasteiger partial charge in [0.2, 0.25) is 0 Å². The Hall–Kier alpha value is -2.91. The fourth-order valence-corrected chi connectivity index (χ4v) is 3.21. The minimum atomic E-state index is -4.42. The number of carbonyl (C=O) groups excluding carboxylic acids is 1. The summed E-state index contributed by atoms with van der Waals surface area (Å²) in [5, 5.41) is 9.76. The van der Waals surface area contributed by atoms with Gasteiger partial charge in [-0.3, -0.25) is 0 Å². The maximum absolute atomic E-state index is 12.6. The van der Waals surface area contributed by atoms with Crippen LogP contribution < -0.4 is 4.74 Å². The smallest absolute Gasteiger partial charge is 0.416 e. The van der Waals surface area contributed by atoms with Crippen molar-refractivity contribution in [1.29, 1.82) is 0 Å². The van der Waals surface area contributed by atoms with Crippen molar-refractivity contribution in [3.63, 3.8) is 0 Å². The number of ether oxygens (including phenoxy) is 2. The Kier molecular flexibility index (Phi) is 5.66. The number of carbonyl (C=O) groups is 1. The van der Waals surface area contributed by atoms with E-state index in [1.165, 1.54) is 19.2 Å². The van der Waals surface area contributed by atoms with Crippen molar-refractivity contribution in [2.75, 3.05) is 7.11 Å². The van der Waals surface area contributed by atoms with Crippen LogP contribution >= 0.6 is 11.3 Å². The number of benzene rings is 2. The fourth-order valence-electron chi connectivity index (χ4n) is 2.40. The summed E-state index contributed by atoms with van der Waals surface area (Å²) in [4.78, 5) is 16.3. The number of aromatic nitrogens is 1. The van der Waals surface area contributed by atoms with E-state index < -0.39 is 17.7 Å². The summed E-state index contributed by atoms with van der Waals surface area (Å²) < 4.78 is 48.1.